The fourth-order valence-corrected chi connectivity index (χ4v) is 3.77. The molecule has 2 heterocycles. The number of rotatable bonds is 5. The summed E-state index contributed by atoms with van der Waals surface area (Å²) in [5, 5.41) is 1.77. The molecule has 4 nitrogen and oxygen atoms in total. The second-order valence-electron chi connectivity index (χ2n) is 5.67. The lowest BCUT2D eigenvalue weighted by molar-refractivity contribution is 0.101. The molecule has 0 aliphatic rings. The summed E-state index contributed by atoms with van der Waals surface area (Å²) in [6, 6.07) is 19.4. The van der Waals surface area contributed by atoms with E-state index < -0.39 is 0 Å². The largest absolute Gasteiger partial charge is 0.359 e. The molecule has 0 bridgehead atoms. The number of carbonyl (C=O) groups excluding carboxylic acids is 1. The highest BCUT2D eigenvalue weighted by Gasteiger charge is 2.13. The first-order valence-electron chi connectivity index (χ1n) is 8.03. The minimum Gasteiger partial charge on any atom is -0.359 e. The Hall–Kier alpha value is -2.44. The fraction of sp³-hybridized carbons (Fsp3) is 0.0500. The molecule has 0 unspecified atom stereocenters. The number of benzene rings is 2. The summed E-state index contributed by atoms with van der Waals surface area (Å²) >= 11 is 4.88. The van der Waals surface area contributed by atoms with Crippen molar-refractivity contribution in [2.75, 3.05) is 5.75 Å². The van der Waals surface area contributed by atoms with Crippen molar-refractivity contribution in [3.05, 3.63) is 77.0 Å². The number of thioether (sulfide) groups is 1. The van der Waals surface area contributed by atoms with E-state index in [9.17, 15) is 4.79 Å². The standard InChI is InChI=1S/C20H14BrN3OS/c21-14-9-7-13(8-10-14)19-23-16-5-2-1-4-15(16)20(24-19)26-12-18(25)17-6-3-11-22-17/h1-11,22H,12H2. The van der Waals surface area contributed by atoms with Gasteiger partial charge in [-0.2, -0.15) is 0 Å². The molecular formula is C20H14BrN3OS. The Morgan fingerprint density at radius 3 is 2.58 bits per heavy atom. The highest BCUT2D eigenvalue weighted by atomic mass is 79.9. The molecular weight excluding hydrogens is 410 g/mol. The SMILES string of the molecule is O=C(CSc1nc(-c2ccc(Br)cc2)nc2ccccc12)c1ccc[nH]1. The molecule has 0 saturated carbocycles. The molecule has 6 heteroatoms. The van der Waals surface area contributed by atoms with Gasteiger partial charge in [0.05, 0.1) is 17.0 Å². The van der Waals surface area contributed by atoms with E-state index in [1.807, 2.05) is 54.6 Å². The number of para-hydroxylation sites is 1. The van der Waals surface area contributed by atoms with E-state index >= 15 is 0 Å². The summed E-state index contributed by atoms with van der Waals surface area (Å²) in [6.45, 7) is 0. The number of nitrogens with one attached hydrogen (secondary N) is 1. The van der Waals surface area contributed by atoms with Crippen molar-refractivity contribution in [1.82, 2.24) is 15.0 Å². The van der Waals surface area contributed by atoms with Crippen molar-refractivity contribution in [3.63, 3.8) is 0 Å². The summed E-state index contributed by atoms with van der Waals surface area (Å²) in [6.07, 6.45) is 1.75. The van der Waals surface area contributed by atoms with Crippen LogP contribution in [0.25, 0.3) is 22.3 Å². The second-order valence-corrected chi connectivity index (χ2v) is 7.55. The van der Waals surface area contributed by atoms with Gasteiger partial charge < -0.3 is 4.98 Å². The van der Waals surface area contributed by atoms with E-state index in [2.05, 4.69) is 25.9 Å². The average molecular weight is 424 g/mol. The molecule has 4 aromatic rings. The van der Waals surface area contributed by atoms with Gasteiger partial charge in [-0.15, -0.1) is 0 Å². The summed E-state index contributed by atoms with van der Waals surface area (Å²) < 4.78 is 1.01. The zero-order valence-electron chi connectivity index (χ0n) is 13.6. The van der Waals surface area contributed by atoms with Crippen molar-refractivity contribution < 1.29 is 4.79 Å². The third kappa shape index (κ3) is 3.57. The van der Waals surface area contributed by atoms with Crippen molar-refractivity contribution in [3.8, 4) is 11.4 Å². The maximum atomic E-state index is 12.3. The predicted molar refractivity (Wildman–Crippen MR) is 109 cm³/mol. The lowest BCUT2D eigenvalue weighted by atomic mass is 10.2. The van der Waals surface area contributed by atoms with E-state index in [0.717, 1.165) is 26.0 Å². The van der Waals surface area contributed by atoms with Crippen LogP contribution in [0.1, 0.15) is 10.5 Å². The molecule has 2 aromatic heterocycles. The van der Waals surface area contributed by atoms with Crippen molar-refractivity contribution in [2.45, 2.75) is 5.03 Å². The van der Waals surface area contributed by atoms with Crippen LogP contribution in [-0.2, 0) is 0 Å². The van der Waals surface area contributed by atoms with Crippen LogP contribution in [0.4, 0.5) is 0 Å². The maximum Gasteiger partial charge on any atom is 0.189 e. The first kappa shape index (κ1) is 17.0. The van der Waals surface area contributed by atoms with Crippen LogP contribution in [0.15, 0.2) is 76.4 Å². The number of aromatic nitrogens is 3. The Kier molecular flexibility index (Phi) is 4.86. The number of fused-ring (bicyclic) bond motifs is 1. The fourth-order valence-electron chi connectivity index (χ4n) is 2.60. The van der Waals surface area contributed by atoms with E-state index in [1.165, 1.54) is 11.8 Å². The molecule has 0 radical (unpaired) electrons. The van der Waals surface area contributed by atoms with E-state index in [4.69, 9.17) is 4.98 Å². The second kappa shape index (κ2) is 7.43. The minimum atomic E-state index is 0.0490. The number of aromatic amines is 1. The summed E-state index contributed by atoms with van der Waals surface area (Å²) in [5.74, 6) is 1.03. The number of halogens is 1. The zero-order chi connectivity index (χ0) is 17.9. The van der Waals surface area contributed by atoms with E-state index in [0.29, 0.717) is 17.3 Å². The molecule has 2 aromatic carbocycles. The first-order valence-corrected chi connectivity index (χ1v) is 9.81. The maximum absolute atomic E-state index is 12.3. The quantitative estimate of drug-likeness (QED) is 0.266. The lowest BCUT2D eigenvalue weighted by Crippen LogP contribution is -2.03. The first-order chi connectivity index (χ1) is 12.7. The molecule has 0 aliphatic heterocycles. The number of carbonyl (C=O) groups is 1. The van der Waals surface area contributed by atoms with Crippen molar-refractivity contribution >= 4 is 44.4 Å². The molecule has 4 rings (SSSR count). The van der Waals surface area contributed by atoms with Gasteiger partial charge in [0.1, 0.15) is 5.03 Å². The van der Waals surface area contributed by atoms with Crippen LogP contribution in [0.2, 0.25) is 0 Å². The molecule has 0 aliphatic carbocycles. The van der Waals surface area contributed by atoms with Gasteiger partial charge in [-0.3, -0.25) is 4.79 Å². The Morgan fingerprint density at radius 2 is 1.81 bits per heavy atom. The number of hydrogen-bond acceptors (Lipinski definition) is 4. The Bertz CT molecular complexity index is 1060. The molecule has 0 spiro atoms. The molecule has 0 amide bonds. The number of H-pyrrole nitrogens is 1. The molecule has 0 fully saturated rings. The van der Waals surface area contributed by atoms with E-state index in [-0.39, 0.29) is 5.78 Å². The van der Waals surface area contributed by atoms with Crippen molar-refractivity contribution in [1.29, 1.82) is 0 Å². The molecule has 1 N–H and O–H groups in total. The summed E-state index contributed by atoms with van der Waals surface area (Å²) in [7, 11) is 0. The van der Waals surface area contributed by atoms with Crippen molar-refractivity contribution in [2.24, 2.45) is 0 Å². The van der Waals surface area contributed by atoms with Gasteiger partial charge in [0.15, 0.2) is 11.6 Å². The summed E-state index contributed by atoms with van der Waals surface area (Å²) in [4.78, 5) is 24.7. The third-order valence-corrected chi connectivity index (χ3v) is 5.43. The molecule has 26 heavy (non-hydrogen) atoms. The normalized spacial score (nSPS) is 11.0. The van der Waals surface area contributed by atoms with Gasteiger partial charge in [0, 0.05) is 21.6 Å². The summed E-state index contributed by atoms with van der Waals surface area (Å²) in [5.41, 5.74) is 2.43. The molecule has 0 atom stereocenters. The molecule has 0 saturated heterocycles. The zero-order valence-corrected chi connectivity index (χ0v) is 16.0. The van der Waals surface area contributed by atoms with Gasteiger partial charge >= 0.3 is 0 Å². The van der Waals surface area contributed by atoms with Gasteiger partial charge in [-0.1, -0.05) is 58.0 Å². The number of nitrogens with zero attached hydrogens (tertiary/aromatic N) is 2. The van der Waals surface area contributed by atoms with Gasteiger partial charge in [-0.05, 0) is 30.3 Å². The number of Topliss-reactive ketones (excluding diaryl/α,β-unsaturated/α-hetero) is 1. The highest BCUT2D eigenvalue weighted by molar-refractivity contribution is 9.10. The number of ketones is 1. The van der Waals surface area contributed by atoms with Gasteiger partial charge in [0.2, 0.25) is 0 Å². The Balaban J connectivity index is 1.70. The van der Waals surface area contributed by atoms with Crippen LogP contribution in [0, 0.1) is 0 Å². The predicted octanol–water partition coefficient (Wildman–Crippen LogP) is 5.36. The lowest BCUT2D eigenvalue weighted by Gasteiger charge is -2.08. The topological polar surface area (TPSA) is 58.6 Å². The Labute approximate surface area is 163 Å². The monoisotopic (exact) mass is 423 g/mol. The van der Waals surface area contributed by atoms with Gasteiger partial charge in [-0.25, -0.2) is 9.97 Å². The minimum absolute atomic E-state index is 0.0490. The Morgan fingerprint density at radius 1 is 1.00 bits per heavy atom. The smallest absolute Gasteiger partial charge is 0.189 e. The van der Waals surface area contributed by atoms with Crippen LogP contribution in [0.5, 0.6) is 0 Å². The van der Waals surface area contributed by atoms with Crippen LogP contribution in [0.3, 0.4) is 0 Å². The van der Waals surface area contributed by atoms with E-state index in [1.54, 1.807) is 12.3 Å². The average Bonchev–Trinajstić information content (AvgIpc) is 3.21. The molecule has 128 valence electrons. The number of hydrogen-bond donors (Lipinski definition) is 1. The van der Waals surface area contributed by atoms with Crippen LogP contribution in [-0.4, -0.2) is 26.5 Å². The van der Waals surface area contributed by atoms with Gasteiger partial charge in [0.25, 0.3) is 0 Å². The third-order valence-electron chi connectivity index (χ3n) is 3.91. The highest BCUT2D eigenvalue weighted by Crippen LogP contribution is 2.29. The van der Waals surface area contributed by atoms with Crippen LogP contribution >= 0.6 is 27.7 Å². The van der Waals surface area contributed by atoms with Crippen LogP contribution < -0.4 is 0 Å².